The molecule has 0 radical (unpaired) electrons. The quantitative estimate of drug-likeness (QED) is 0.682. The Labute approximate surface area is 156 Å². The highest BCUT2D eigenvalue weighted by Gasteiger charge is 2.19. The fourth-order valence-electron chi connectivity index (χ4n) is 2.28. The lowest BCUT2D eigenvalue weighted by Crippen LogP contribution is -2.27. The molecule has 1 heterocycles. The van der Waals surface area contributed by atoms with Crippen LogP contribution in [0.25, 0.3) is 22.8 Å². The van der Waals surface area contributed by atoms with Gasteiger partial charge in [-0.1, -0.05) is 30.3 Å². The number of benzene rings is 2. The Morgan fingerprint density at radius 2 is 1.59 bits per heavy atom. The summed E-state index contributed by atoms with van der Waals surface area (Å²) >= 11 is 0. The highest BCUT2D eigenvalue weighted by Crippen LogP contribution is 2.29. The number of hydrogen-bond acceptors (Lipinski definition) is 7. The summed E-state index contributed by atoms with van der Waals surface area (Å²) in [5, 5.41) is 28.8. The maximum absolute atomic E-state index is 12.1. The van der Waals surface area contributed by atoms with Gasteiger partial charge in [0, 0.05) is 5.56 Å². The predicted octanol–water partition coefficient (Wildman–Crippen LogP) is 3.65. The molecule has 2 aromatic carbocycles. The van der Waals surface area contributed by atoms with Crippen LogP contribution in [0.2, 0.25) is 0 Å². The van der Waals surface area contributed by atoms with Gasteiger partial charge in [0.25, 0.3) is 0 Å². The Bertz CT molecular complexity index is 938. The van der Waals surface area contributed by atoms with Gasteiger partial charge in [-0.2, -0.15) is 0 Å². The topological polar surface area (TPSA) is 110 Å². The van der Waals surface area contributed by atoms with E-state index in [0.29, 0.717) is 17.1 Å². The van der Waals surface area contributed by atoms with Gasteiger partial charge in [-0.25, -0.2) is 4.79 Å². The molecule has 1 amide bonds. The Kier molecular flexibility index (Phi) is 4.98. The van der Waals surface area contributed by atoms with Gasteiger partial charge in [-0.15, -0.1) is 20.4 Å². The molecule has 0 saturated carbocycles. The number of amides is 1. The van der Waals surface area contributed by atoms with Crippen LogP contribution in [0.3, 0.4) is 0 Å². The molecule has 3 aromatic rings. The number of carbonyl (C=O) groups is 1. The van der Waals surface area contributed by atoms with Crippen molar-refractivity contribution in [2.75, 3.05) is 5.32 Å². The van der Waals surface area contributed by atoms with Crippen LogP contribution in [-0.4, -0.2) is 37.2 Å². The van der Waals surface area contributed by atoms with E-state index in [4.69, 9.17) is 4.74 Å². The van der Waals surface area contributed by atoms with Crippen molar-refractivity contribution in [1.29, 1.82) is 0 Å². The summed E-state index contributed by atoms with van der Waals surface area (Å²) in [5.74, 6) is 0.535. The maximum atomic E-state index is 12.1. The van der Waals surface area contributed by atoms with Crippen molar-refractivity contribution in [2.45, 2.75) is 26.4 Å². The van der Waals surface area contributed by atoms with Crippen molar-refractivity contribution in [1.82, 2.24) is 20.4 Å². The number of nitrogens with one attached hydrogen (secondary N) is 1. The number of phenols is 1. The second kappa shape index (κ2) is 7.36. The summed E-state index contributed by atoms with van der Waals surface area (Å²) in [6.07, 6.45) is -0.628. The lowest BCUT2D eigenvalue weighted by molar-refractivity contribution is 0.0636. The molecule has 3 rings (SSSR count). The molecule has 0 aliphatic heterocycles. The number of nitrogens with zero attached hydrogens (tertiary/aromatic N) is 4. The van der Waals surface area contributed by atoms with E-state index in [9.17, 15) is 9.90 Å². The second-order valence-corrected chi connectivity index (χ2v) is 6.77. The first-order valence-electron chi connectivity index (χ1n) is 8.28. The summed E-state index contributed by atoms with van der Waals surface area (Å²) < 4.78 is 5.26. The summed E-state index contributed by atoms with van der Waals surface area (Å²) in [6.45, 7) is 5.30. The fraction of sp³-hybridized carbons (Fsp3) is 0.211. The minimum Gasteiger partial charge on any atom is -0.508 e. The molecule has 138 valence electrons. The lowest BCUT2D eigenvalue weighted by atomic mass is 10.1. The molecule has 1 aromatic heterocycles. The number of ether oxygens (including phenoxy) is 1. The monoisotopic (exact) mass is 365 g/mol. The van der Waals surface area contributed by atoms with Crippen molar-refractivity contribution in [2.24, 2.45) is 0 Å². The highest BCUT2D eigenvalue weighted by atomic mass is 16.6. The largest absolute Gasteiger partial charge is 0.508 e. The van der Waals surface area contributed by atoms with Gasteiger partial charge in [0.2, 0.25) is 11.6 Å². The molecule has 8 heteroatoms. The smallest absolute Gasteiger partial charge is 0.412 e. The third kappa shape index (κ3) is 4.75. The maximum Gasteiger partial charge on any atom is 0.412 e. The average molecular weight is 365 g/mol. The third-order valence-corrected chi connectivity index (χ3v) is 3.39. The molecule has 0 saturated heterocycles. The van der Waals surface area contributed by atoms with E-state index in [2.05, 4.69) is 25.7 Å². The van der Waals surface area contributed by atoms with E-state index in [-0.39, 0.29) is 11.6 Å². The predicted molar refractivity (Wildman–Crippen MR) is 100 cm³/mol. The molecule has 2 N–H and O–H groups in total. The SMILES string of the molecule is CC(C)(C)OC(=O)Nc1ccc(O)cc1-c1nnc(-c2ccccc2)nn1. The van der Waals surface area contributed by atoms with Crippen molar-refractivity contribution in [3.63, 3.8) is 0 Å². The standard InChI is InChI=1S/C19H19N5O3/c1-19(2,3)27-18(26)20-15-10-9-13(25)11-14(15)17-23-21-16(22-24-17)12-7-5-4-6-8-12/h4-11,25H,1-3H3,(H,20,26). The average Bonchev–Trinajstić information content (AvgIpc) is 2.62. The van der Waals surface area contributed by atoms with Gasteiger partial charge in [0.15, 0.2) is 0 Å². The van der Waals surface area contributed by atoms with E-state index >= 15 is 0 Å². The summed E-state index contributed by atoms with van der Waals surface area (Å²) in [4.78, 5) is 12.1. The second-order valence-electron chi connectivity index (χ2n) is 6.77. The zero-order valence-electron chi connectivity index (χ0n) is 15.2. The Balaban J connectivity index is 1.90. The molecule has 0 aliphatic carbocycles. The molecule has 0 atom stereocenters. The van der Waals surface area contributed by atoms with Crippen LogP contribution >= 0.6 is 0 Å². The number of anilines is 1. The van der Waals surface area contributed by atoms with Gasteiger partial charge >= 0.3 is 6.09 Å². The number of carbonyl (C=O) groups excluding carboxylic acids is 1. The van der Waals surface area contributed by atoms with Gasteiger partial charge in [-0.05, 0) is 39.0 Å². The van der Waals surface area contributed by atoms with E-state index < -0.39 is 11.7 Å². The summed E-state index contributed by atoms with van der Waals surface area (Å²) in [5.41, 5.74) is 0.892. The van der Waals surface area contributed by atoms with Gasteiger partial charge in [-0.3, -0.25) is 5.32 Å². The first-order valence-corrected chi connectivity index (χ1v) is 8.28. The molecule has 0 unspecified atom stereocenters. The molecule has 0 aliphatic rings. The molecule has 27 heavy (non-hydrogen) atoms. The minimum atomic E-state index is -0.641. The number of phenolic OH excluding ortho intramolecular Hbond substituents is 1. The van der Waals surface area contributed by atoms with Crippen LogP contribution in [0.1, 0.15) is 20.8 Å². The van der Waals surface area contributed by atoms with E-state index in [1.165, 1.54) is 18.2 Å². The Morgan fingerprint density at radius 1 is 0.963 bits per heavy atom. The molecule has 0 fully saturated rings. The van der Waals surface area contributed by atoms with Crippen LogP contribution in [0, 0.1) is 0 Å². The van der Waals surface area contributed by atoms with Crippen molar-refractivity contribution < 1.29 is 14.6 Å². The van der Waals surface area contributed by atoms with Gasteiger partial charge in [0.1, 0.15) is 11.4 Å². The fourth-order valence-corrected chi connectivity index (χ4v) is 2.28. The molecular formula is C19H19N5O3. The van der Waals surface area contributed by atoms with E-state index in [1.807, 2.05) is 30.3 Å². The minimum absolute atomic E-state index is 0.00419. The molecule has 0 spiro atoms. The molecule has 8 nitrogen and oxygen atoms in total. The zero-order valence-corrected chi connectivity index (χ0v) is 15.2. The first-order chi connectivity index (χ1) is 12.8. The Morgan fingerprint density at radius 3 is 2.22 bits per heavy atom. The molecular weight excluding hydrogens is 346 g/mol. The number of rotatable bonds is 3. The number of aromatic hydroxyl groups is 1. The summed E-state index contributed by atoms with van der Waals surface area (Å²) in [7, 11) is 0. The van der Waals surface area contributed by atoms with E-state index in [0.717, 1.165) is 5.56 Å². The Hall–Kier alpha value is -3.55. The lowest BCUT2D eigenvalue weighted by Gasteiger charge is -2.20. The number of aromatic nitrogens is 4. The van der Waals surface area contributed by atoms with Crippen molar-refractivity contribution in [3.05, 3.63) is 48.5 Å². The molecule has 0 bridgehead atoms. The van der Waals surface area contributed by atoms with Crippen LogP contribution in [0.5, 0.6) is 5.75 Å². The zero-order chi connectivity index (χ0) is 19.4. The first kappa shape index (κ1) is 18.2. The van der Waals surface area contributed by atoms with E-state index in [1.54, 1.807) is 20.8 Å². The van der Waals surface area contributed by atoms with Gasteiger partial charge in [0.05, 0.1) is 11.3 Å². The third-order valence-electron chi connectivity index (χ3n) is 3.39. The van der Waals surface area contributed by atoms with Crippen LogP contribution in [-0.2, 0) is 4.74 Å². The van der Waals surface area contributed by atoms with Crippen molar-refractivity contribution in [3.8, 4) is 28.5 Å². The normalized spacial score (nSPS) is 11.1. The van der Waals surface area contributed by atoms with Crippen LogP contribution in [0.15, 0.2) is 48.5 Å². The van der Waals surface area contributed by atoms with Crippen LogP contribution in [0.4, 0.5) is 10.5 Å². The van der Waals surface area contributed by atoms with Gasteiger partial charge < -0.3 is 9.84 Å². The summed E-state index contributed by atoms with van der Waals surface area (Å²) in [6, 6.07) is 13.7. The number of hydrogen-bond donors (Lipinski definition) is 2. The van der Waals surface area contributed by atoms with Crippen molar-refractivity contribution >= 4 is 11.8 Å². The highest BCUT2D eigenvalue weighted by molar-refractivity contribution is 5.90. The van der Waals surface area contributed by atoms with Crippen LogP contribution < -0.4 is 5.32 Å².